The lowest BCUT2D eigenvalue weighted by Gasteiger charge is -2.11. The van der Waals surface area contributed by atoms with Crippen molar-refractivity contribution in [2.45, 2.75) is 0 Å². The molecular weight excluding hydrogens is 344 g/mol. The van der Waals surface area contributed by atoms with Crippen molar-refractivity contribution < 1.29 is 4.74 Å². The predicted molar refractivity (Wildman–Crippen MR) is 80.9 cm³/mol. The number of hydrogen-bond acceptors (Lipinski definition) is 3. The van der Waals surface area contributed by atoms with Crippen LogP contribution >= 0.6 is 27.5 Å². The Morgan fingerprint density at radius 3 is 2.80 bits per heavy atom. The SMILES string of the molecule is Cn1c(-c2ccc(OCC#N)cc2Cl)ccc(Br)c1=O. The molecule has 0 radical (unpaired) electrons. The van der Waals surface area contributed by atoms with Crippen LogP contribution in [0.25, 0.3) is 11.3 Å². The molecule has 0 aliphatic carbocycles. The summed E-state index contributed by atoms with van der Waals surface area (Å²) >= 11 is 9.41. The molecule has 0 bridgehead atoms. The minimum absolute atomic E-state index is 0.0353. The lowest BCUT2D eigenvalue weighted by molar-refractivity contribution is 0.368. The number of halogens is 2. The van der Waals surface area contributed by atoms with E-state index in [1.165, 1.54) is 4.57 Å². The number of hydrogen-bond donors (Lipinski definition) is 0. The van der Waals surface area contributed by atoms with Gasteiger partial charge in [-0.1, -0.05) is 11.6 Å². The van der Waals surface area contributed by atoms with Crippen molar-refractivity contribution in [2.75, 3.05) is 6.61 Å². The van der Waals surface area contributed by atoms with Gasteiger partial charge >= 0.3 is 0 Å². The maximum atomic E-state index is 11.9. The molecule has 1 heterocycles. The van der Waals surface area contributed by atoms with Gasteiger partial charge in [-0.3, -0.25) is 4.79 Å². The van der Waals surface area contributed by atoms with Gasteiger partial charge in [0, 0.05) is 12.6 Å². The molecule has 0 spiro atoms. The molecule has 0 saturated heterocycles. The van der Waals surface area contributed by atoms with Gasteiger partial charge in [-0.15, -0.1) is 0 Å². The maximum absolute atomic E-state index is 11.9. The number of ether oxygens (including phenoxy) is 1. The van der Waals surface area contributed by atoms with Crippen molar-refractivity contribution in [3.63, 3.8) is 0 Å². The standard InChI is InChI=1S/C14H10BrClN2O2/c1-18-13(5-4-11(15)14(18)19)10-3-2-9(8-12(10)16)20-7-6-17/h2-5,8H,7H2,1H3. The number of nitrogens with zero attached hydrogens (tertiary/aromatic N) is 2. The normalized spacial score (nSPS) is 10.1. The summed E-state index contributed by atoms with van der Waals surface area (Å²) in [6, 6.07) is 10.5. The van der Waals surface area contributed by atoms with Crippen LogP contribution in [0.1, 0.15) is 0 Å². The molecule has 0 N–H and O–H groups in total. The molecule has 0 amide bonds. The third-order valence-electron chi connectivity index (χ3n) is 2.78. The Labute approximate surface area is 129 Å². The fourth-order valence-electron chi connectivity index (χ4n) is 1.78. The summed E-state index contributed by atoms with van der Waals surface area (Å²) in [6.45, 7) is -0.0353. The molecule has 4 nitrogen and oxygen atoms in total. The lowest BCUT2D eigenvalue weighted by Crippen LogP contribution is -2.18. The average molecular weight is 354 g/mol. The Hall–Kier alpha value is -1.77. The molecule has 2 aromatic rings. The van der Waals surface area contributed by atoms with E-state index < -0.39 is 0 Å². The molecule has 0 unspecified atom stereocenters. The van der Waals surface area contributed by atoms with E-state index >= 15 is 0 Å². The molecule has 0 saturated carbocycles. The van der Waals surface area contributed by atoms with Gasteiger partial charge < -0.3 is 9.30 Å². The second kappa shape index (κ2) is 6.12. The van der Waals surface area contributed by atoms with Crippen LogP contribution in [-0.4, -0.2) is 11.2 Å². The van der Waals surface area contributed by atoms with Crippen LogP contribution < -0.4 is 10.3 Å². The number of pyridine rings is 1. The summed E-state index contributed by atoms with van der Waals surface area (Å²) in [4.78, 5) is 11.9. The third kappa shape index (κ3) is 2.87. The summed E-state index contributed by atoms with van der Waals surface area (Å²) < 4.78 is 7.19. The molecule has 0 aliphatic rings. The van der Waals surface area contributed by atoms with Crippen molar-refractivity contribution >= 4 is 27.5 Å². The highest BCUT2D eigenvalue weighted by molar-refractivity contribution is 9.10. The molecule has 6 heteroatoms. The van der Waals surface area contributed by atoms with E-state index in [2.05, 4.69) is 15.9 Å². The first-order chi connectivity index (χ1) is 9.54. The number of nitriles is 1. The van der Waals surface area contributed by atoms with E-state index in [4.69, 9.17) is 21.6 Å². The van der Waals surface area contributed by atoms with Crippen molar-refractivity contribution in [1.29, 1.82) is 5.26 Å². The quantitative estimate of drug-likeness (QED) is 0.850. The van der Waals surface area contributed by atoms with E-state index in [9.17, 15) is 4.79 Å². The van der Waals surface area contributed by atoms with Crippen LogP contribution in [-0.2, 0) is 7.05 Å². The van der Waals surface area contributed by atoms with Crippen molar-refractivity contribution in [2.24, 2.45) is 7.05 Å². The highest BCUT2D eigenvalue weighted by Gasteiger charge is 2.10. The highest BCUT2D eigenvalue weighted by atomic mass is 79.9. The molecule has 1 aromatic heterocycles. The van der Waals surface area contributed by atoms with Crippen LogP contribution in [0.2, 0.25) is 5.02 Å². The smallest absolute Gasteiger partial charge is 0.265 e. The van der Waals surface area contributed by atoms with E-state index in [0.717, 1.165) is 5.56 Å². The van der Waals surface area contributed by atoms with E-state index in [1.807, 2.05) is 12.1 Å². The van der Waals surface area contributed by atoms with Gasteiger partial charge in [-0.2, -0.15) is 5.26 Å². The first-order valence-corrected chi connectivity index (χ1v) is 6.87. The molecule has 2 rings (SSSR count). The molecule has 0 aliphatic heterocycles. The second-order valence-corrected chi connectivity index (χ2v) is 5.28. The monoisotopic (exact) mass is 352 g/mol. The minimum atomic E-state index is -0.136. The van der Waals surface area contributed by atoms with Gasteiger partial charge in [0.2, 0.25) is 0 Å². The maximum Gasteiger partial charge on any atom is 0.265 e. The predicted octanol–water partition coefficient (Wildman–Crippen LogP) is 3.37. The summed E-state index contributed by atoms with van der Waals surface area (Å²) in [5.41, 5.74) is 1.29. The van der Waals surface area contributed by atoms with Gasteiger partial charge in [-0.25, -0.2) is 0 Å². The van der Waals surface area contributed by atoms with Crippen LogP contribution in [0.15, 0.2) is 39.6 Å². The molecule has 0 atom stereocenters. The fourth-order valence-corrected chi connectivity index (χ4v) is 2.45. The van der Waals surface area contributed by atoms with Crippen molar-refractivity contribution in [3.8, 4) is 23.1 Å². The summed E-state index contributed by atoms with van der Waals surface area (Å²) in [5, 5.41) is 8.93. The van der Waals surface area contributed by atoms with Crippen molar-refractivity contribution in [1.82, 2.24) is 4.57 Å². The average Bonchev–Trinajstić information content (AvgIpc) is 2.44. The summed E-state index contributed by atoms with van der Waals surface area (Å²) in [6.07, 6.45) is 0. The van der Waals surface area contributed by atoms with Gasteiger partial charge in [0.1, 0.15) is 11.8 Å². The Morgan fingerprint density at radius 2 is 2.15 bits per heavy atom. The summed E-state index contributed by atoms with van der Waals surface area (Å²) in [7, 11) is 1.68. The highest BCUT2D eigenvalue weighted by Crippen LogP contribution is 2.30. The molecule has 1 aromatic carbocycles. The first-order valence-electron chi connectivity index (χ1n) is 5.70. The zero-order chi connectivity index (χ0) is 14.7. The second-order valence-electron chi connectivity index (χ2n) is 4.02. The molecule has 102 valence electrons. The minimum Gasteiger partial charge on any atom is -0.479 e. The third-order valence-corrected chi connectivity index (χ3v) is 3.69. The van der Waals surface area contributed by atoms with E-state index in [1.54, 1.807) is 31.3 Å². The van der Waals surface area contributed by atoms with Gasteiger partial charge in [-0.05, 0) is 46.3 Å². The van der Waals surface area contributed by atoms with E-state index in [-0.39, 0.29) is 12.2 Å². The number of aromatic nitrogens is 1. The lowest BCUT2D eigenvalue weighted by atomic mass is 10.1. The largest absolute Gasteiger partial charge is 0.479 e. The molecule has 0 fully saturated rings. The Kier molecular flexibility index (Phi) is 4.48. The Morgan fingerprint density at radius 1 is 1.40 bits per heavy atom. The van der Waals surface area contributed by atoms with Gasteiger partial charge in [0.05, 0.1) is 15.2 Å². The zero-order valence-corrected chi connectivity index (χ0v) is 12.9. The zero-order valence-electron chi connectivity index (χ0n) is 10.6. The Bertz CT molecular complexity index is 750. The summed E-state index contributed by atoms with van der Waals surface area (Å²) in [5.74, 6) is 0.516. The van der Waals surface area contributed by atoms with Crippen molar-refractivity contribution in [3.05, 3.63) is 50.2 Å². The van der Waals surface area contributed by atoms with Crippen LogP contribution in [0, 0.1) is 11.3 Å². The van der Waals surface area contributed by atoms with Crippen LogP contribution in [0.3, 0.4) is 0 Å². The van der Waals surface area contributed by atoms with E-state index in [0.29, 0.717) is 20.9 Å². The topological polar surface area (TPSA) is 55.0 Å². The first kappa shape index (κ1) is 14.6. The van der Waals surface area contributed by atoms with Gasteiger partial charge in [0.25, 0.3) is 5.56 Å². The van der Waals surface area contributed by atoms with Crippen LogP contribution in [0.5, 0.6) is 5.75 Å². The van der Waals surface area contributed by atoms with Crippen LogP contribution in [0.4, 0.5) is 0 Å². The fraction of sp³-hybridized carbons (Fsp3) is 0.143. The number of benzene rings is 1. The number of rotatable bonds is 3. The Balaban J connectivity index is 2.47. The molecule has 20 heavy (non-hydrogen) atoms. The van der Waals surface area contributed by atoms with Gasteiger partial charge in [0.15, 0.2) is 6.61 Å². The molecular formula is C14H10BrClN2O2.